The highest BCUT2D eigenvalue weighted by Crippen LogP contribution is 2.53. The van der Waals surface area contributed by atoms with Gasteiger partial charge < -0.3 is 19.9 Å². The second kappa shape index (κ2) is 6.30. The first kappa shape index (κ1) is 16.9. The number of piperidine rings is 1. The number of pyridine rings is 1. The average molecular weight is 356 g/mol. The summed E-state index contributed by atoms with van der Waals surface area (Å²) in [6.07, 6.45) is 6.43. The summed E-state index contributed by atoms with van der Waals surface area (Å²) in [5, 5.41) is 3.65. The molecule has 4 rings (SSSR count). The number of likely N-dealkylation sites (tertiary alicyclic amines) is 1. The van der Waals surface area contributed by atoms with E-state index in [1.165, 1.54) is 12.8 Å². The number of nitrogens with zero attached hydrogens (tertiary/aromatic N) is 2. The van der Waals surface area contributed by atoms with Crippen molar-refractivity contribution in [3.63, 3.8) is 0 Å². The van der Waals surface area contributed by atoms with E-state index in [1.807, 2.05) is 4.90 Å². The maximum atomic E-state index is 12.6. The second-order valence-electron chi connectivity index (χ2n) is 7.52. The van der Waals surface area contributed by atoms with Crippen LogP contribution in [0.15, 0.2) is 18.3 Å². The van der Waals surface area contributed by atoms with Gasteiger partial charge in [-0.3, -0.25) is 9.59 Å². The van der Waals surface area contributed by atoms with E-state index in [2.05, 4.69) is 15.3 Å². The summed E-state index contributed by atoms with van der Waals surface area (Å²) >= 11 is 0. The topological polar surface area (TPSA) is 87.3 Å². The average Bonchev–Trinajstić information content (AvgIpc) is 3.26. The van der Waals surface area contributed by atoms with Crippen molar-refractivity contribution in [2.45, 2.75) is 38.6 Å². The summed E-state index contributed by atoms with van der Waals surface area (Å²) < 4.78 is 5.10. The lowest BCUT2D eigenvalue weighted by molar-refractivity contribution is -0.134. The zero-order chi connectivity index (χ0) is 18.3. The molecule has 2 aromatic heterocycles. The molecule has 0 aromatic carbocycles. The highest BCUT2D eigenvalue weighted by molar-refractivity contribution is 6.00. The summed E-state index contributed by atoms with van der Waals surface area (Å²) in [6, 6.07) is 2.96. The number of H-pyrrole nitrogens is 1. The highest BCUT2D eigenvalue weighted by atomic mass is 16.5. The van der Waals surface area contributed by atoms with Crippen LogP contribution in [0.1, 0.15) is 43.1 Å². The molecule has 0 bridgehead atoms. The van der Waals surface area contributed by atoms with Gasteiger partial charge in [-0.25, -0.2) is 4.98 Å². The van der Waals surface area contributed by atoms with Crippen molar-refractivity contribution >= 4 is 22.7 Å². The third-order valence-electron chi connectivity index (χ3n) is 5.74. The number of carbonyl (C=O) groups excluding carboxylic acids is 2. The van der Waals surface area contributed by atoms with Crippen molar-refractivity contribution in [2.24, 2.45) is 5.41 Å². The molecule has 1 atom stereocenters. The third-order valence-corrected chi connectivity index (χ3v) is 5.74. The van der Waals surface area contributed by atoms with Gasteiger partial charge in [0.15, 0.2) is 0 Å². The van der Waals surface area contributed by atoms with Gasteiger partial charge in [-0.2, -0.15) is 0 Å². The summed E-state index contributed by atoms with van der Waals surface area (Å²) in [5.74, 6) is 0.190. The second-order valence-corrected chi connectivity index (χ2v) is 7.52. The number of rotatable bonds is 4. The minimum atomic E-state index is -0.546. The Balaban J connectivity index is 1.39. The molecule has 1 spiro atoms. The van der Waals surface area contributed by atoms with E-state index < -0.39 is 6.04 Å². The minimum absolute atomic E-state index is 0.00621. The molecule has 1 aliphatic carbocycles. The standard InChI is InChI=1S/C19H24N4O3/c1-12(18(25)23-7-5-19(3-4-19)6-8-23)21-17(24)14-9-13-10-16(26-2)20-11-15(13)22-14/h9-12,22H,3-8H2,1-2H3,(H,21,24)/t12-/m0/s1. The number of amides is 2. The molecule has 1 saturated heterocycles. The van der Waals surface area contributed by atoms with Crippen LogP contribution in [-0.4, -0.2) is 52.9 Å². The molecule has 26 heavy (non-hydrogen) atoms. The van der Waals surface area contributed by atoms with Crippen LogP contribution in [0.3, 0.4) is 0 Å². The summed E-state index contributed by atoms with van der Waals surface area (Å²) in [5.41, 5.74) is 1.69. The quantitative estimate of drug-likeness (QED) is 0.878. The fraction of sp³-hybridized carbons (Fsp3) is 0.526. The van der Waals surface area contributed by atoms with Gasteiger partial charge in [0.2, 0.25) is 11.8 Å². The Morgan fingerprint density at radius 2 is 2.00 bits per heavy atom. The van der Waals surface area contributed by atoms with Crippen LogP contribution >= 0.6 is 0 Å². The lowest BCUT2D eigenvalue weighted by Crippen LogP contribution is -2.49. The largest absolute Gasteiger partial charge is 0.481 e. The first-order valence-corrected chi connectivity index (χ1v) is 9.12. The van der Waals surface area contributed by atoms with Gasteiger partial charge in [0.25, 0.3) is 5.91 Å². The van der Waals surface area contributed by atoms with Crippen LogP contribution in [0.25, 0.3) is 10.9 Å². The van der Waals surface area contributed by atoms with E-state index in [9.17, 15) is 9.59 Å². The molecule has 138 valence electrons. The van der Waals surface area contributed by atoms with E-state index in [4.69, 9.17) is 4.74 Å². The molecular weight excluding hydrogens is 332 g/mol. The monoisotopic (exact) mass is 356 g/mol. The summed E-state index contributed by atoms with van der Waals surface area (Å²) in [4.78, 5) is 34.2. The van der Waals surface area contributed by atoms with Crippen LogP contribution in [0.2, 0.25) is 0 Å². The SMILES string of the molecule is COc1cc2cc(C(=O)N[C@@H](C)C(=O)N3CCC4(CC3)CC4)[nH]c2cn1. The minimum Gasteiger partial charge on any atom is -0.481 e. The van der Waals surface area contributed by atoms with Crippen molar-refractivity contribution in [2.75, 3.05) is 20.2 Å². The van der Waals surface area contributed by atoms with Gasteiger partial charge in [-0.1, -0.05) is 0 Å². The maximum Gasteiger partial charge on any atom is 0.268 e. The van der Waals surface area contributed by atoms with Crippen LogP contribution in [-0.2, 0) is 4.79 Å². The molecular formula is C19H24N4O3. The van der Waals surface area contributed by atoms with E-state index in [1.54, 1.807) is 32.4 Å². The molecule has 3 heterocycles. The lowest BCUT2D eigenvalue weighted by Gasteiger charge is -2.33. The number of aromatic nitrogens is 2. The van der Waals surface area contributed by atoms with E-state index in [0.717, 1.165) is 36.8 Å². The molecule has 2 aromatic rings. The number of hydrogen-bond donors (Lipinski definition) is 2. The van der Waals surface area contributed by atoms with Gasteiger partial charge in [-0.15, -0.1) is 0 Å². The van der Waals surface area contributed by atoms with Crippen LogP contribution < -0.4 is 10.1 Å². The Hall–Kier alpha value is -2.57. The number of methoxy groups -OCH3 is 1. The lowest BCUT2D eigenvalue weighted by atomic mass is 9.93. The van der Waals surface area contributed by atoms with Crippen molar-refractivity contribution in [3.8, 4) is 5.88 Å². The number of carbonyl (C=O) groups is 2. The Morgan fingerprint density at radius 1 is 1.27 bits per heavy atom. The molecule has 0 unspecified atom stereocenters. The molecule has 2 N–H and O–H groups in total. The van der Waals surface area contributed by atoms with Crippen molar-refractivity contribution in [1.82, 2.24) is 20.2 Å². The van der Waals surface area contributed by atoms with Gasteiger partial charge in [0, 0.05) is 24.5 Å². The summed E-state index contributed by atoms with van der Waals surface area (Å²) in [7, 11) is 1.55. The first-order valence-electron chi connectivity index (χ1n) is 9.12. The van der Waals surface area contributed by atoms with Crippen molar-refractivity contribution < 1.29 is 14.3 Å². The van der Waals surface area contributed by atoms with Gasteiger partial charge in [0.05, 0.1) is 18.8 Å². The third kappa shape index (κ3) is 3.13. The van der Waals surface area contributed by atoms with Gasteiger partial charge in [0.1, 0.15) is 11.7 Å². The molecule has 7 heteroatoms. The molecule has 2 aliphatic rings. The number of hydrogen-bond acceptors (Lipinski definition) is 4. The Kier molecular flexibility index (Phi) is 4.09. The number of fused-ring (bicyclic) bond motifs is 1. The zero-order valence-electron chi connectivity index (χ0n) is 15.2. The van der Waals surface area contributed by atoms with E-state index in [-0.39, 0.29) is 11.8 Å². The molecule has 1 saturated carbocycles. The fourth-order valence-corrected chi connectivity index (χ4v) is 3.73. The van der Waals surface area contributed by atoms with E-state index in [0.29, 0.717) is 17.0 Å². The van der Waals surface area contributed by atoms with Crippen molar-refractivity contribution in [3.05, 3.63) is 24.0 Å². The number of nitrogens with one attached hydrogen (secondary N) is 2. The first-order chi connectivity index (χ1) is 12.5. The van der Waals surface area contributed by atoms with E-state index >= 15 is 0 Å². The smallest absolute Gasteiger partial charge is 0.268 e. The Labute approximate surface area is 152 Å². The van der Waals surface area contributed by atoms with Crippen LogP contribution in [0.5, 0.6) is 5.88 Å². The number of aromatic amines is 1. The normalized spacial score (nSPS) is 19.4. The molecule has 1 aliphatic heterocycles. The predicted octanol–water partition coefficient (Wildman–Crippen LogP) is 2.09. The van der Waals surface area contributed by atoms with Crippen molar-refractivity contribution in [1.29, 1.82) is 0 Å². The maximum absolute atomic E-state index is 12.6. The Bertz CT molecular complexity index is 846. The van der Waals surface area contributed by atoms with Crippen LogP contribution in [0, 0.1) is 5.41 Å². The molecule has 2 amide bonds. The zero-order valence-corrected chi connectivity index (χ0v) is 15.2. The molecule has 0 radical (unpaired) electrons. The predicted molar refractivity (Wildman–Crippen MR) is 97.1 cm³/mol. The molecule has 2 fully saturated rings. The Morgan fingerprint density at radius 3 is 2.65 bits per heavy atom. The van der Waals surface area contributed by atoms with Crippen LogP contribution in [0.4, 0.5) is 0 Å². The van der Waals surface area contributed by atoms with Gasteiger partial charge >= 0.3 is 0 Å². The molecule has 7 nitrogen and oxygen atoms in total. The highest BCUT2D eigenvalue weighted by Gasteiger charge is 2.45. The summed E-state index contributed by atoms with van der Waals surface area (Å²) in [6.45, 7) is 3.35. The number of ether oxygens (including phenoxy) is 1. The van der Waals surface area contributed by atoms with Gasteiger partial charge in [-0.05, 0) is 44.1 Å². The fourth-order valence-electron chi connectivity index (χ4n) is 3.73.